The van der Waals surface area contributed by atoms with E-state index in [1.807, 2.05) is 37.3 Å². The third kappa shape index (κ3) is 4.34. The summed E-state index contributed by atoms with van der Waals surface area (Å²) in [5.41, 5.74) is 3.77. The van der Waals surface area contributed by atoms with E-state index in [1.165, 1.54) is 0 Å². The van der Waals surface area contributed by atoms with E-state index in [4.69, 9.17) is 14.2 Å². The Kier molecular flexibility index (Phi) is 6.37. The summed E-state index contributed by atoms with van der Waals surface area (Å²) < 4.78 is 16.1. The molecule has 5 heteroatoms. The molecular weight excluding hydrogens is 368 g/mol. The summed E-state index contributed by atoms with van der Waals surface area (Å²) in [5, 5.41) is 0. The number of aryl methyl sites for hydroxylation is 1. The molecule has 0 fully saturated rings. The molecular formula is C24H26O5. The van der Waals surface area contributed by atoms with Crippen LogP contribution >= 0.6 is 0 Å². The van der Waals surface area contributed by atoms with Gasteiger partial charge in [-0.05, 0) is 55.7 Å². The maximum absolute atomic E-state index is 13.0. The standard InChI is InChI=1S/C24H26O5/c1-5-29-24(26)23-20(19-14-18(27-3)10-11-22(19)28-4)12-17(13-21(23)25)16-8-6-15(2)7-9-16/h6-11,13-14,20,23H,5,12H2,1-4H3/t20-,23-/m1/s1. The number of ketones is 1. The maximum atomic E-state index is 13.0. The molecule has 3 rings (SSSR count). The Bertz CT molecular complexity index is 927. The zero-order valence-corrected chi connectivity index (χ0v) is 17.2. The summed E-state index contributed by atoms with van der Waals surface area (Å²) in [5.74, 6) is -0.824. The number of carbonyl (C=O) groups excluding carboxylic acids is 2. The highest BCUT2D eigenvalue weighted by Gasteiger charge is 2.41. The highest BCUT2D eigenvalue weighted by Crippen LogP contribution is 2.44. The van der Waals surface area contributed by atoms with E-state index in [2.05, 4.69) is 0 Å². The largest absolute Gasteiger partial charge is 0.497 e. The fourth-order valence-electron chi connectivity index (χ4n) is 3.77. The highest BCUT2D eigenvalue weighted by atomic mass is 16.5. The Hall–Kier alpha value is -3.08. The Morgan fingerprint density at radius 2 is 1.79 bits per heavy atom. The van der Waals surface area contributed by atoms with Gasteiger partial charge in [0.2, 0.25) is 0 Å². The third-order valence-corrected chi connectivity index (χ3v) is 5.26. The quantitative estimate of drug-likeness (QED) is 0.539. The van der Waals surface area contributed by atoms with Crippen molar-refractivity contribution in [1.82, 2.24) is 0 Å². The van der Waals surface area contributed by atoms with E-state index in [-0.39, 0.29) is 12.4 Å². The molecule has 0 radical (unpaired) electrons. The lowest BCUT2D eigenvalue weighted by atomic mass is 9.73. The molecule has 1 aliphatic rings. The second-order valence-corrected chi connectivity index (χ2v) is 7.09. The molecule has 0 aromatic heterocycles. The molecule has 2 atom stereocenters. The normalized spacial score (nSPS) is 18.8. The van der Waals surface area contributed by atoms with Gasteiger partial charge in [-0.15, -0.1) is 0 Å². The van der Waals surface area contributed by atoms with Crippen LogP contribution in [-0.4, -0.2) is 32.6 Å². The summed E-state index contributed by atoms with van der Waals surface area (Å²) >= 11 is 0. The van der Waals surface area contributed by atoms with Crippen LogP contribution in [0.15, 0.2) is 48.5 Å². The number of carbonyl (C=O) groups is 2. The molecule has 5 nitrogen and oxygen atoms in total. The molecule has 0 amide bonds. The summed E-state index contributed by atoms with van der Waals surface area (Å²) in [4.78, 5) is 25.7. The van der Waals surface area contributed by atoms with Crippen molar-refractivity contribution in [3.63, 3.8) is 0 Å². The van der Waals surface area contributed by atoms with Crippen molar-refractivity contribution in [2.45, 2.75) is 26.2 Å². The fraction of sp³-hybridized carbons (Fsp3) is 0.333. The summed E-state index contributed by atoms with van der Waals surface area (Å²) in [7, 11) is 3.16. The SMILES string of the molecule is CCOC(=O)[C@H]1C(=O)C=C(c2ccc(C)cc2)C[C@@H]1c1cc(OC)ccc1OC. The smallest absolute Gasteiger partial charge is 0.317 e. The van der Waals surface area contributed by atoms with Crippen molar-refractivity contribution in [1.29, 1.82) is 0 Å². The highest BCUT2D eigenvalue weighted by molar-refractivity contribution is 6.10. The molecule has 0 heterocycles. The van der Waals surface area contributed by atoms with Crippen molar-refractivity contribution in [2.24, 2.45) is 5.92 Å². The van der Waals surface area contributed by atoms with Gasteiger partial charge < -0.3 is 14.2 Å². The number of ether oxygens (including phenoxy) is 3. The van der Waals surface area contributed by atoms with Crippen molar-refractivity contribution in [2.75, 3.05) is 20.8 Å². The number of rotatable bonds is 6. The van der Waals surface area contributed by atoms with Gasteiger partial charge in [0.1, 0.15) is 17.4 Å². The number of hydrogen-bond acceptors (Lipinski definition) is 5. The van der Waals surface area contributed by atoms with Crippen LogP contribution in [0, 0.1) is 12.8 Å². The molecule has 2 aromatic rings. The monoisotopic (exact) mass is 394 g/mol. The van der Waals surface area contributed by atoms with Gasteiger partial charge in [-0.3, -0.25) is 9.59 Å². The number of esters is 1. The number of benzene rings is 2. The number of methoxy groups -OCH3 is 2. The minimum absolute atomic E-state index is 0.221. The van der Waals surface area contributed by atoms with Gasteiger partial charge in [-0.25, -0.2) is 0 Å². The van der Waals surface area contributed by atoms with Crippen molar-refractivity contribution in [3.8, 4) is 11.5 Å². The number of hydrogen-bond donors (Lipinski definition) is 0. The van der Waals surface area contributed by atoms with E-state index in [1.54, 1.807) is 39.4 Å². The first kappa shape index (κ1) is 20.6. The summed E-state index contributed by atoms with van der Waals surface area (Å²) in [6.07, 6.45) is 2.09. The van der Waals surface area contributed by atoms with Crippen LogP contribution in [-0.2, 0) is 14.3 Å². The predicted octanol–water partition coefficient (Wildman–Crippen LogP) is 4.33. The Morgan fingerprint density at radius 3 is 2.41 bits per heavy atom. The molecule has 0 N–H and O–H groups in total. The molecule has 29 heavy (non-hydrogen) atoms. The van der Waals surface area contributed by atoms with Gasteiger partial charge in [0.05, 0.1) is 20.8 Å². The lowest BCUT2D eigenvalue weighted by Gasteiger charge is -2.30. The Balaban J connectivity index is 2.10. The van der Waals surface area contributed by atoms with Crippen molar-refractivity contribution < 1.29 is 23.8 Å². The van der Waals surface area contributed by atoms with Crippen LogP contribution < -0.4 is 9.47 Å². The van der Waals surface area contributed by atoms with E-state index in [0.29, 0.717) is 17.9 Å². The molecule has 2 aromatic carbocycles. The predicted molar refractivity (Wildman–Crippen MR) is 111 cm³/mol. The molecule has 0 saturated carbocycles. The van der Waals surface area contributed by atoms with Crippen molar-refractivity contribution >= 4 is 17.3 Å². The van der Waals surface area contributed by atoms with Crippen LogP contribution in [0.5, 0.6) is 11.5 Å². The molecule has 0 spiro atoms. The van der Waals surface area contributed by atoms with Crippen molar-refractivity contribution in [3.05, 3.63) is 65.2 Å². The summed E-state index contributed by atoms with van der Waals surface area (Å²) in [6.45, 7) is 3.98. The topological polar surface area (TPSA) is 61.8 Å². The zero-order valence-electron chi connectivity index (χ0n) is 17.2. The molecule has 0 bridgehead atoms. The maximum Gasteiger partial charge on any atom is 0.317 e. The average molecular weight is 394 g/mol. The molecule has 152 valence electrons. The van der Waals surface area contributed by atoms with Gasteiger partial charge in [-0.1, -0.05) is 29.8 Å². The van der Waals surface area contributed by atoms with Gasteiger partial charge in [0.15, 0.2) is 5.78 Å². The Labute approximate surface area is 171 Å². The average Bonchev–Trinajstić information content (AvgIpc) is 2.73. The lowest BCUT2D eigenvalue weighted by Crippen LogP contribution is -2.34. The minimum atomic E-state index is -0.912. The van der Waals surface area contributed by atoms with Crippen LogP contribution in [0.4, 0.5) is 0 Å². The molecule has 0 aliphatic heterocycles. The van der Waals surface area contributed by atoms with Gasteiger partial charge >= 0.3 is 5.97 Å². The van der Waals surface area contributed by atoms with Crippen LogP contribution in [0.2, 0.25) is 0 Å². The fourth-order valence-corrected chi connectivity index (χ4v) is 3.77. The van der Waals surface area contributed by atoms with E-state index < -0.39 is 17.8 Å². The minimum Gasteiger partial charge on any atom is -0.497 e. The van der Waals surface area contributed by atoms with E-state index in [9.17, 15) is 9.59 Å². The second-order valence-electron chi connectivity index (χ2n) is 7.09. The molecule has 0 unspecified atom stereocenters. The van der Waals surface area contributed by atoms with E-state index >= 15 is 0 Å². The van der Waals surface area contributed by atoms with E-state index in [0.717, 1.165) is 22.3 Å². The molecule has 0 saturated heterocycles. The van der Waals surface area contributed by atoms with Gasteiger partial charge in [0.25, 0.3) is 0 Å². The number of allylic oxidation sites excluding steroid dienone is 2. The lowest BCUT2D eigenvalue weighted by molar-refractivity contribution is -0.151. The van der Waals surface area contributed by atoms with Gasteiger partial charge in [0, 0.05) is 11.5 Å². The summed E-state index contributed by atoms with van der Waals surface area (Å²) in [6, 6.07) is 13.4. The van der Waals surface area contributed by atoms with Crippen LogP contribution in [0.1, 0.15) is 36.0 Å². The molecule has 1 aliphatic carbocycles. The first-order chi connectivity index (χ1) is 14.0. The first-order valence-electron chi connectivity index (χ1n) is 9.68. The van der Waals surface area contributed by atoms with Crippen LogP contribution in [0.3, 0.4) is 0 Å². The third-order valence-electron chi connectivity index (χ3n) is 5.26. The second kappa shape index (κ2) is 8.95. The van der Waals surface area contributed by atoms with Crippen LogP contribution in [0.25, 0.3) is 5.57 Å². The first-order valence-corrected chi connectivity index (χ1v) is 9.68. The Morgan fingerprint density at radius 1 is 1.07 bits per heavy atom. The van der Waals surface area contributed by atoms with Gasteiger partial charge in [-0.2, -0.15) is 0 Å². The zero-order chi connectivity index (χ0) is 21.0.